The maximum Gasteiger partial charge on any atom is 0.273 e. The van der Waals surface area contributed by atoms with Crippen LogP contribution < -0.4 is 9.47 Å². The van der Waals surface area contributed by atoms with Gasteiger partial charge in [-0.2, -0.15) is 5.10 Å². The molecular formula is C17H16N4O4. The van der Waals surface area contributed by atoms with Crippen molar-refractivity contribution >= 4 is 5.69 Å². The van der Waals surface area contributed by atoms with E-state index in [0.717, 1.165) is 11.3 Å². The van der Waals surface area contributed by atoms with Crippen molar-refractivity contribution in [2.45, 2.75) is 13.5 Å². The Labute approximate surface area is 143 Å². The van der Waals surface area contributed by atoms with Gasteiger partial charge in [0.2, 0.25) is 0 Å². The fourth-order valence-corrected chi connectivity index (χ4v) is 2.27. The third-order valence-corrected chi connectivity index (χ3v) is 3.56. The minimum atomic E-state index is -0.462. The van der Waals surface area contributed by atoms with Crippen LogP contribution in [0.4, 0.5) is 5.69 Å². The number of nitro benzene ring substituents is 1. The third-order valence-electron chi connectivity index (χ3n) is 3.56. The zero-order valence-electron chi connectivity index (χ0n) is 13.7. The van der Waals surface area contributed by atoms with Crippen LogP contribution in [0.25, 0.3) is 5.69 Å². The fourth-order valence-electron chi connectivity index (χ4n) is 2.27. The molecule has 0 N–H and O–H groups in total. The summed E-state index contributed by atoms with van der Waals surface area (Å²) in [7, 11) is 1.60. The van der Waals surface area contributed by atoms with Crippen molar-refractivity contribution in [3.8, 4) is 17.2 Å². The van der Waals surface area contributed by atoms with E-state index in [0.29, 0.717) is 17.3 Å². The van der Waals surface area contributed by atoms with Gasteiger partial charge in [0.15, 0.2) is 5.75 Å². The summed E-state index contributed by atoms with van der Waals surface area (Å²) >= 11 is 0. The lowest BCUT2D eigenvalue weighted by Gasteiger charge is -2.11. The van der Waals surface area contributed by atoms with Gasteiger partial charge in [0.1, 0.15) is 30.2 Å². The first-order valence-corrected chi connectivity index (χ1v) is 7.49. The predicted octanol–water partition coefficient (Wildman–Crippen LogP) is 3.07. The first-order chi connectivity index (χ1) is 12.1. The Kier molecular flexibility index (Phi) is 4.60. The van der Waals surface area contributed by atoms with Crippen LogP contribution in [0.15, 0.2) is 48.8 Å². The molecule has 0 saturated heterocycles. The van der Waals surface area contributed by atoms with Crippen LogP contribution in [-0.2, 0) is 6.61 Å². The molecule has 3 aromatic rings. The quantitative estimate of drug-likeness (QED) is 0.506. The number of rotatable bonds is 6. The molecule has 25 heavy (non-hydrogen) atoms. The average molecular weight is 340 g/mol. The second-order valence-corrected chi connectivity index (χ2v) is 5.28. The van der Waals surface area contributed by atoms with Crippen molar-refractivity contribution in [1.29, 1.82) is 0 Å². The lowest BCUT2D eigenvalue weighted by atomic mass is 10.2. The number of aryl methyl sites for hydroxylation is 1. The van der Waals surface area contributed by atoms with Gasteiger partial charge in [0, 0.05) is 6.07 Å². The lowest BCUT2D eigenvalue weighted by molar-refractivity contribution is -0.384. The maximum absolute atomic E-state index is 11.1. The number of aromatic nitrogens is 3. The zero-order valence-corrected chi connectivity index (χ0v) is 13.7. The van der Waals surface area contributed by atoms with E-state index >= 15 is 0 Å². The Morgan fingerprint density at radius 3 is 2.56 bits per heavy atom. The molecule has 0 aliphatic carbocycles. The highest BCUT2D eigenvalue weighted by molar-refractivity contribution is 5.52. The Balaban J connectivity index is 1.88. The molecule has 0 amide bonds. The van der Waals surface area contributed by atoms with Crippen LogP contribution in [0.3, 0.4) is 0 Å². The highest BCUT2D eigenvalue weighted by atomic mass is 16.6. The first-order valence-electron chi connectivity index (χ1n) is 7.49. The summed E-state index contributed by atoms with van der Waals surface area (Å²) in [5, 5.41) is 15.3. The van der Waals surface area contributed by atoms with Crippen molar-refractivity contribution in [2.24, 2.45) is 0 Å². The van der Waals surface area contributed by atoms with E-state index in [4.69, 9.17) is 9.47 Å². The lowest BCUT2D eigenvalue weighted by Crippen LogP contribution is -2.03. The summed E-state index contributed by atoms with van der Waals surface area (Å²) in [6.45, 7) is 2.02. The molecule has 128 valence electrons. The molecule has 0 spiro atoms. The van der Waals surface area contributed by atoms with Crippen LogP contribution >= 0.6 is 0 Å². The highest BCUT2D eigenvalue weighted by Gasteiger charge is 2.14. The molecule has 0 radical (unpaired) electrons. The molecule has 8 heteroatoms. The van der Waals surface area contributed by atoms with Crippen LogP contribution in [0.2, 0.25) is 0 Å². The summed E-state index contributed by atoms with van der Waals surface area (Å²) in [5.74, 6) is 1.70. The maximum atomic E-state index is 11.1. The van der Waals surface area contributed by atoms with Gasteiger partial charge in [0.05, 0.1) is 18.1 Å². The SMILES string of the molecule is COc1ccc(COc2cc([N+](=O)[O-])ccc2-n2cnc(C)n2)cc1. The molecule has 1 heterocycles. The van der Waals surface area contributed by atoms with Crippen molar-refractivity contribution in [2.75, 3.05) is 7.11 Å². The van der Waals surface area contributed by atoms with Gasteiger partial charge >= 0.3 is 0 Å². The number of hydrogen-bond donors (Lipinski definition) is 0. The van der Waals surface area contributed by atoms with Crippen molar-refractivity contribution < 1.29 is 14.4 Å². The number of non-ortho nitro benzene ring substituents is 1. The topological polar surface area (TPSA) is 92.3 Å². The summed E-state index contributed by atoms with van der Waals surface area (Å²) in [6, 6.07) is 11.8. The zero-order chi connectivity index (χ0) is 17.8. The molecule has 1 aromatic heterocycles. The number of nitrogens with zero attached hydrogens (tertiary/aromatic N) is 4. The molecule has 0 bridgehead atoms. The summed E-state index contributed by atoms with van der Waals surface area (Å²) in [5.41, 5.74) is 1.44. The van der Waals surface area contributed by atoms with Crippen molar-refractivity contribution in [3.05, 3.63) is 70.3 Å². The molecule has 0 unspecified atom stereocenters. The number of methoxy groups -OCH3 is 1. The smallest absolute Gasteiger partial charge is 0.273 e. The summed E-state index contributed by atoms with van der Waals surface area (Å²) in [6.07, 6.45) is 1.54. The highest BCUT2D eigenvalue weighted by Crippen LogP contribution is 2.28. The van der Waals surface area contributed by atoms with Gasteiger partial charge in [-0.25, -0.2) is 9.67 Å². The van der Waals surface area contributed by atoms with Crippen molar-refractivity contribution in [1.82, 2.24) is 14.8 Å². The Hall–Kier alpha value is -3.42. The molecule has 0 aliphatic heterocycles. The Morgan fingerprint density at radius 1 is 1.20 bits per heavy atom. The number of ether oxygens (including phenoxy) is 2. The van der Waals surface area contributed by atoms with E-state index in [2.05, 4.69) is 10.1 Å². The second-order valence-electron chi connectivity index (χ2n) is 5.28. The van der Waals surface area contributed by atoms with E-state index in [-0.39, 0.29) is 12.3 Å². The first kappa shape index (κ1) is 16.4. The normalized spacial score (nSPS) is 10.5. The van der Waals surface area contributed by atoms with Gasteiger partial charge in [0.25, 0.3) is 5.69 Å². The van der Waals surface area contributed by atoms with Gasteiger partial charge in [-0.3, -0.25) is 10.1 Å². The third kappa shape index (κ3) is 3.74. The van der Waals surface area contributed by atoms with Crippen LogP contribution in [-0.4, -0.2) is 26.8 Å². The molecule has 3 rings (SSSR count). The minimum Gasteiger partial charge on any atom is -0.497 e. The monoisotopic (exact) mass is 340 g/mol. The van der Waals surface area contributed by atoms with Crippen molar-refractivity contribution in [3.63, 3.8) is 0 Å². The molecule has 8 nitrogen and oxygen atoms in total. The Bertz CT molecular complexity index is 890. The van der Waals surface area contributed by atoms with E-state index < -0.39 is 4.92 Å². The number of hydrogen-bond acceptors (Lipinski definition) is 6. The average Bonchev–Trinajstić information content (AvgIpc) is 3.06. The van der Waals surface area contributed by atoms with Gasteiger partial charge in [-0.15, -0.1) is 0 Å². The second kappa shape index (κ2) is 7.00. The standard InChI is InChI=1S/C17H16N4O4/c1-12-18-11-20(19-12)16-8-5-14(21(22)23)9-17(16)25-10-13-3-6-15(24-2)7-4-13/h3-9,11H,10H2,1-2H3. The molecule has 0 saturated carbocycles. The summed E-state index contributed by atoms with van der Waals surface area (Å²) in [4.78, 5) is 14.7. The van der Waals surface area contributed by atoms with Gasteiger partial charge in [-0.05, 0) is 30.7 Å². The molecule has 0 fully saturated rings. The van der Waals surface area contributed by atoms with Gasteiger partial charge in [-0.1, -0.05) is 12.1 Å². The molecule has 0 atom stereocenters. The molecule has 0 aliphatic rings. The van der Waals surface area contributed by atoms with Crippen LogP contribution in [0.1, 0.15) is 11.4 Å². The number of nitro groups is 1. The summed E-state index contributed by atoms with van der Waals surface area (Å²) < 4.78 is 12.5. The Morgan fingerprint density at radius 2 is 1.96 bits per heavy atom. The largest absolute Gasteiger partial charge is 0.497 e. The van der Waals surface area contributed by atoms with Crippen LogP contribution in [0, 0.1) is 17.0 Å². The van der Waals surface area contributed by atoms with Crippen LogP contribution in [0.5, 0.6) is 11.5 Å². The molecule has 2 aromatic carbocycles. The van der Waals surface area contributed by atoms with E-state index in [9.17, 15) is 10.1 Å². The minimum absolute atomic E-state index is 0.0506. The fraction of sp³-hybridized carbons (Fsp3) is 0.176. The van der Waals surface area contributed by atoms with E-state index in [1.54, 1.807) is 20.1 Å². The number of benzene rings is 2. The predicted molar refractivity (Wildman–Crippen MR) is 90.1 cm³/mol. The molecular weight excluding hydrogens is 324 g/mol. The van der Waals surface area contributed by atoms with E-state index in [1.807, 2.05) is 24.3 Å². The van der Waals surface area contributed by atoms with E-state index in [1.165, 1.54) is 23.1 Å². The van der Waals surface area contributed by atoms with Gasteiger partial charge < -0.3 is 9.47 Å².